The van der Waals surface area contributed by atoms with E-state index in [0.29, 0.717) is 17.1 Å². The Morgan fingerprint density at radius 1 is 1.36 bits per heavy atom. The smallest absolute Gasteiger partial charge is 0.410 e. The highest BCUT2D eigenvalue weighted by Crippen LogP contribution is 2.31. The first-order valence-electron chi connectivity index (χ1n) is 8.32. The number of aliphatic hydroxyl groups excluding tert-OH is 1. The lowest BCUT2D eigenvalue weighted by Crippen LogP contribution is -2.37. The van der Waals surface area contributed by atoms with Crippen LogP contribution in [0, 0.1) is 12.7 Å². The number of hydrogen-bond acceptors (Lipinski definition) is 6. The van der Waals surface area contributed by atoms with Crippen molar-refractivity contribution >= 4 is 17.7 Å². The minimum atomic E-state index is -0.755. The first-order valence-corrected chi connectivity index (χ1v) is 8.70. The van der Waals surface area contributed by atoms with Crippen molar-refractivity contribution in [3.8, 4) is 22.6 Å². The Labute approximate surface area is 164 Å². The van der Waals surface area contributed by atoms with E-state index in [1.54, 1.807) is 32.0 Å². The molecule has 3 rings (SSSR count). The average Bonchev–Trinajstić information content (AvgIpc) is 3.07. The van der Waals surface area contributed by atoms with Gasteiger partial charge in [0, 0.05) is 16.7 Å². The maximum Gasteiger partial charge on any atom is 0.412 e. The monoisotopic (exact) mass is 405 g/mol. The molecule has 2 aromatic carbocycles. The fraction of sp³-hybridized carbons (Fsp3) is 0.222. The number of tetrazole rings is 1. The number of nitrogens with zero attached hydrogens (tertiary/aromatic N) is 4. The lowest BCUT2D eigenvalue weighted by molar-refractivity contribution is 0.186. The first kappa shape index (κ1) is 19.7. The van der Waals surface area contributed by atoms with Gasteiger partial charge in [-0.3, -0.25) is 0 Å². The molecule has 0 bridgehead atoms. The summed E-state index contributed by atoms with van der Waals surface area (Å²) in [4.78, 5) is 12.0. The van der Waals surface area contributed by atoms with Crippen molar-refractivity contribution in [1.82, 2.24) is 25.5 Å². The highest BCUT2D eigenvalue weighted by Gasteiger charge is 2.15. The molecule has 8 nitrogen and oxygen atoms in total. The highest BCUT2D eigenvalue weighted by molar-refractivity contribution is 6.30. The topological polar surface area (TPSA) is 102 Å². The van der Waals surface area contributed by atoms with Gasteiger partial charge in [0.1, 0.15) is 11.6 Å². The molecule has 146 valence electrons. The third-order valence-corrected chi connectivity index (χ3v) is 4.09. The van der Waals surface area contributed by atoms with Gasteiger partial charge in [-0.25, -0.2) is 9.18 Å². The molecule has 0 spiro atoms. The number of rotatable bonds is 5. The Hall–Kier alpha value is -3.04. The zero-order valence-corrected chi connectivity index (χ0v) is 15.8. The number of carbonyl (C=O) groups is 1. The number of ether oxygens (including phenoxy) is 1. The SMILES string of the molecule is Cc1nnnn1-c1cc(OC(=O)NC(C)CO)cc(-c2ccc(Cl)cc2F)c1. The van der Waals surface area contributed by atoms with Gasteiger partial charge in [0.25, 0.3) is 0 Å². The lowest BCUT2D eigenvalue weighted by Gasteiger charge is -2.14. The second-order valence-corrected chi connectivity index (χ2v) is 6.53. The van der Waals surface area contributed by atoms with Crippen molar-refractivity contribution in [2.75, 3.05) is 6.61 Å². The maximum atomic E-state index is 14.4. The van der Waals surface area contributed by atoms with E-state index < -0.39 is 18.0 Å². The predicted molar refractivity (Wildman–Crippen MR) is 100 cm³/mol. The molecule has 1 aromatic heterocycles. The molecule has 1 unspecified atom stereocenters. The Bertz CT molecular complexity index is 1010. The zero-order valence-electron chi connectivity index (χ0n) is 15.1. The molecule has 0 aliphatic rings. The number of carbonyl (C=O) groups excluding carboxylic acids is 1. The first-order chi connectivity index (χ1) is 13.4. The van der Waals surface area contributed by atoms with Crippen LogP contribution >= 0.6 is 11.6 Å². The third-order valence-electron chi connectivity index (χ3n) is 3.85. The molecule has 2 N–H and O–H groups in total. The molecule has 3 aromatic rings. The van der Waals surface area contributed by atoms with Crippen LogP contribution in [-0.4, -0.2) is 44.1 Å². The summed E-state index contributed by atoms with van der Waals surface area (Å²) in [5, 5.41) is 23.1. The van der Waals surface area contributed by atoms with Gasteiger partial charge in [-0.2, -0.15) is 4.68 Å². The minimum Gasteiger partial charge on any atom is -0.410 e. The highest BCUT2D eigenvalue weighted by atomic mass is 35.5. The molecule has 1 heterocycles. The van der Waals surface area contributed by atoms with Gasteiger partial charge in [0.2, 0.25) is 0 Å². The number of hydrogen-bond donors (Lipinski definition) is 2. The Morgan fingerprint density at radius 2 is 2.14 bits per heavy atom. The summed E-state index contributed by atoms with van der Waals surface area (Å²) in [7, 11) is 0. The number of aromatic nitrogens is 4. The molecule has 0 aliphatic carbocycles. The predicted octanol–water partition coefficient (Wildman–Crippen LogP) is 2.90. The number of benzene rings is 2. The molecule has 0 fully saturated rings. The van der Waals surface area contributed by atoms with Crippen molar-refractivity contribution < 1.29 is 19.0 Å². The Kier molecular flexibility index (Phi) is 5.86. The van der Waals surface area contributed by atoms with E-state index in [-0.39, 0.29) is 22.9 Å². The van der Waals surface area contributed by atoms with E-state index in [4.69, 9.17) is 21.4 Å². The van der Waals surface area contributed by atoms with E-state index in [1.807, 2.05) is 0 Å². The van der Waals surface area contributed by atoms with Crippen LogP contribution in [0.5, 0.6) is 5.75 Å². The van der Waals surface area contributed by atoms with E-state index in [9.17, 15) is 9.18 Å². The molecular weight excluding hydrogens is 389 g/mol. The van der Waals surface area contributed by atoms with E-state index in [1.165, 1.54) is 22.9 Å². The second-order valence-electron chi connectivity index (χ2n) is 6.10. The van der Waals surface area contributed by atoms with Gasteiger partial charge >= 0.3 is 6.09 Å². The van der Waals surface area contributed by atoms with Crippen molar-refractivity contribution in [3.05, 3.63) is 53.1 Å². The summed E-state index contributed by atoms with van der Waals surface area (Å²) in [6.07, 6.45) is -0.755. The lowest BCUT2D eigenvalue weighted by atomic mass is 10.0. The van der Waals surface area contributed by atoms with Crippen LogP contribution in [0.3, 0.4) is 0 Å². The Morgan fingerprint density at radius 3 is 2.79 bits per heavy atom. The van der Waals surface area contributed by atoms with Gasteiger partial charge in [-0.05, 0) is 60.2 Å². The number of halogens is 2. The van der Waals surface area contributed by atoms with E-state index >= 15 is 0 Å². The molecule has 0 saturated carbocycles. The molecule has 10 heteroatoms. The third kappa shape index (κ3) is 4.44. The number of nitrogens with one attached hydrogen (secondary N) is 1. The molecule has 28 heavy (non-hydrogen) atoms. The molecule has 0 aliphatic heterocycles. The van der Waals surface area contributed by atoms with Crippen LogP contribution in [0.15, 0.2) is 36.4 Å². The zero-order chi connectivity index (χ0) is 20.3. The van der Waals surface area contributed by atoms with Gasteiger partial charge in [0.05, 0.1) is 18.3 Å². The summed E-state index contributed by atoms with van der Waals surface area (Å²) >= 11 is 5.83. The van der Waals surface area contributed by atoms with Crippen LogP contribution in [0.2, 0.25) is 5.02 Å². The summed E-state index contributed by atoms with van der Waals surface area (Å²) in [6, 6.07) is 8.53. The number of amides is 1. The van der Waals surface area contributed by atoms with Crippen LogP contribution in [0.25, 0.3) is 16.8 Å². The van der Waals surface area contributed by atoms with Gasteiger partial charge in [-0.1, -0.05) is 11.6 Å². The maximum absolute atomic E-state index is 14.4. The van der Waals surface area contributed by atoms with Crippen LogP contribution in [0.4, 0.5) is 9.18 Å². The molecule has 0 saturated heterocycles. The standard InChI is InChI=1S/C18H17ClFN5O3/c1-10(9-26)21-18(27)28-15-6-12(16-4-3-13(19)7-17(16)20)5-14(8-15)25-11(2)22-23-24-25/h3-8,10,26H,9H2,1-2H3,(H,21,27). The van der Waals surface area contributed by atoms with Crippen molar-refractivity contribution in [2.24, 2.45) is 0 Å². The quantitative estimate of drug-likeness (QED) is 0.676. The summed E-state index contributed by atoms with van der Waals surface area (Å²) < 4.78 is 21.2. The summed E-state index contributed by atoms with van der Waals surface area (Å²) in [5.41, 5.74) is 1.19. The van der Waals surface area contributed by atoms with Gasteiger partial charge in [0.15, 0.2) is 5.82 Å². The minimum absolute atomic E-state index is 0.152. The number of aryl methyl sites for hydroxylation is 1. The largest absolute Gasteiger partial charge is 0.412 e. The Balaban J connectivity index is 2.04. The summed E-state index contributed by atoms with van der Waals surface area (Å²) in [5.74, 6) is 0.125. The van der Waals surface area contributed by atoms with Crippen LogP contribution in [-0.2, 0) is 0 Å². The normalized spacial score (nSPS) is 11.9. The molecular formula is C18H17ClFN5O3. The fourth-order valence-electron chi connectivity index (χ4n) is 2.50. The fourth-order valence-corrected chi connectivity index (χ4v) is 2.66. The van der Waals surface area contributed by atoms with Crippen LogP contribution < -0.4 is 10.1 Å². The van der Waals surface area contributed by atoms with Crippen molar-refractivity contribution in [2.45, 2.75) is 19.9 Å². The van der Waals surface area contributed by atoms with Gasteiger partial charge in [-0.15, -0.1) is 5.10 Å². The molecule has 1 amide bonds. The van der Waals surface area contributed by atoms with E-state index in [0.717, 1.165) is 0 Å². The molecule has 1 atom stereocenters. The summed E-state index contributed by atoms with van der Waals surface area (Å²) in [6.45, 7) is 3.09. The van der Waals surface area contributed by atoms with E-state index in [2.05, 4.69) is 20.8 Å². The molecule has 0 radical (unpaired) electrons. The number of aliphatic hydroxyl groups is 1. The van der Waals surface area contributed by atoms with Crippen molar-refractivity contribution in [3.63, 3.8) is 0 Å². The van der Waals surface area contributed by atoms with Crippen molar-refractivity contribution in [1.29, 1.82) is 0 Å². The van der Waals surface area contributed by atoms with Gasteiger partial charge < -0.3 is 15.2 Å². The average molecular weight is 406 g/mol. The van der Waals surface area contributed by atoms with Crippen LogP contribution in [0.1, 0.15) is 12.7 Å². The second kappa shape index (κ2) is 8.32.